The van der Waals surface area contributed by atoms with Gasteiger partial charge < -0.3 is 10.3 Å². The zero-order valence-electron chi connectivity index (χ0n) is 8.36. The van der Waals surface area contributed by atoms with Crippen molar-refractivity contribution in [2.75, 3.05) is 0 Å². The number of nitrogens with zero attached hydrogens (tertiary/aromatic N) is 1. The Labute approximate surface area is 87.5 Å². The number of carbonyl (C=O) groups is 1. The molecule has 0 atom stereocenters. The molecule has 1 aromatic heterocycles. The molecule has 0 saturated heterocycles. The van der Waals surface area contributed by atoms with Crippen molar-refractivity contribution in [1.82, 2.24) is 4.57 Å². The number of carbonyl (C=O) groups excluding carboxylic acids is 1. The van der Waals surface area contributed by atoms with Gasteiger partial charge in [0, 0.05) is 11.9 Å². The molecule has 2 N–H and O–H groups in total. The lowest BCUT2D eigenvalue weighted by Crippen LogP contribution is -2.19. The summed E-state index contributed by atoms with van der Waals surface area (Å²) >= 11 is 0. The van der Waals surface area contributed by atoms with Crippen LogP contribution in [0.3, 0.4) is 0 Å². The van der Waals surface area contributed by atoms with Gasteiger partial charge in [0.05, 0.1) is 5.52 Å². The summed E-state index contributed by atoms with van der Waals surface area (Å²) in [4.78, 5) is 11.3. The van der Waals surface area contributed by atoms with Gasteiger partial charge >= 0.3 is 0 Å². The zero-order chi connectivity index (χ0) is 10.4. The number of hydrogen-bond donors (Lipinski definition) is 1. The third-order valence-electron chi connectivity index (χ3n) is 3.08. The Kier molecular flexibility index (Phi) is 1.63. The Morgan fingerprint density at radius 1 is 1.40 bits per heavy atom. The molecule has 0 aliphatic carbocycles. The highest BCUT2D eigenvalue weighted by Gasteiger charge is 2.18. The van der Waals surface area contributed by atoms with E-state index in [-0.39, 0.29) is 5.91 Å². The maximum atomic E-state index is 11.3. The third kappa shape index (κ3) is 1.09. The lowest BCUT2D eigenvalue weighted by Gasteiger charge is -2.16. The van der Waals surface area contributed by atoms with E-state index in [1.807, 2.05) is 18.2 Å². The summed E-state index contributed by atoms with van der Waals surface area (Å²) in [6.07, 6.45) is 2.18. The Balaban J connectivity index is 2.43. The van der Waals surface area contributed by atoms with Gasteiger partial charge in [0.2, 0.25) is 0 Å². The second-order valence-corrected chi connectivity index (χ2v) is 4.00. The first-order valence-corrected chi connectivity index (χ1v) is 5.18. The van der Waals surface area contributed by atoms with E-state index >= 15 is 0 Å². The van der Waals surface area contributed by atoms with E-state index in [2.05, 4.69) is 10.6 Å². The number of amides is 1. The first-order chi connectivity index (χ1) is 7.27. The Morgan fingerprint density at radius 3 is 3.07 bits per heavy atom. The predicted molar refractivity (Wildman–Crippen MR) is 58.8 cm³/mol. The quantitative estimate of drug-likeness (QED) is 0.748. The van der Waals surface area contributed by atoms with E-state index < -0.39 is 0 Å². The summed E-state index contributed by atoms with van der Waals surface area (Å²) in [5.74, 6) is -0.334. The van der Waals surface area contributed by atoms with Crippen molar-refractivity contribution in [3.8, 4) is 0 Å². The normalized spacial score (nSPS) is 14.4. The number of nitrogens with two attached hydrogens (primary N) is 1. The molecule has 76 valence electrons. The zero-order valence-corrected chi connectivity index (χ0v) is 8.36. The second-order valence-electron chi connectivity index (χ2n) is 4.00. The summed E-state index contributed by atoms with van der Waals surface area (Å²) in [7, 11) is 0. The molecule has 2 heterocycles. The van der Waals surface area contributed by atoms with Crippen molar-refractivity contribution in [1.29, 1.82) is 0 Å². The Hall–Kier alpha value is -1.77. The monoisotopic (exact) mass is 200 g/mol. The highest BCUT2D eigenvalue weighted by Crippen LogP contribution is 2.28. The summed E-state index contributed by atoms with van der Waals surface area (Å²) < 4.78 is 2.05. The lowest BCUT2D eigenvalue weighted by atomic mass is 10.0. The van der Waals surface area contributed by atoms with Gasteiger partial charge in [-0.3, -0.25) is 4.79 Å². The van der Waals surface area contributed by atoms with Crippen LogP contribution in [0.15, 0.2) is 24.3 Å². The van der Waals surface area contributed by atoms with Crippen LogP contribution in [-0.2, 0) is 13.0 Å². The highest BCUT2D eigenvalue weighted by molar-refractivity contribution is 5.98. The number of aromatic nitrogens is 1. The van der Waals surface area contributed by atoms with Crippen molar-refractivity contribution >= 4 is 16.8 Å². The molecule has 3 rings (SSSR count). The second kappa shape index (κ2) is 2.86. The van der Waals surface area contributed by atoms with Crippen LogP contribution in [0.4, 0.5) is 0 Å². The topological polar surface area (TPSA) is 48.0 Å². The van der Waals surface area contributed by atoms with Crippen LogP contribution in [0.2, 0.25) is 0 Å². The predicted octanol–water partition coefficient (Wildman–Crippen LogP) is 1.69. The van der Waals surface area contributed by atoms with Gasteiger partial charge in [-0.25, -0.2) is 0 Å². The number of para-hydroxylation sites is 1. The third-order valence-corrected chi connectivity index (χ3v) is 3.08. The van der Waals surface area contributed by atoms with Crippen LogP contribution in [0.1, 0.15) is 22.5 Å². The molecule has 3 nitrogen and oxygen atoms in total. The molecule has 0 radical (unpaired) electrons. The van der Waals surface area contributed by atoms with Gasteiger partial charge in [-0.1, -0.05) is 18.2 Å². The minimum absolute atomic E-state index is 0.334. The number of benzene rings is 1. The molecule has 2 aromatic rings. The van der Waals surface area contributed by atoms with Crippen molar-refractivity contribution in [3.63, 3.8) is 0 Å². The molecule has 15 heavy (non-hydrogen) atoms. The highest BCUT2D eigenvalue weighted by atomic mass is 16.1. The molecule has 0 saturated carbocycles. The maximum absolute atomic E-state index is 11.3. The molecule has 1 amide bonds. The number of hydrogen-bond acceptors (Lipinski definition) is 1. The van der Waals surface area contributed by atoms with Crippen molar-refractivity contribution < 1.29 is 4.79 Å². The molecule has 1 aliphatic rings. The maximum Gasteiger partial charge on any atom is 0.265 e. The van der Waals surface area contributed by atoms with Crippen LogP contribution in [0, 0.1) is 0 Å². The smallest absolute Gasteiger partial charge is 0.265 e. The molecular weight excluding hydrogens is 188 g/mol. The van der Waals surface area contributed by atoms with Gasteiger partial charge in [0.1, 0.15) is 5.69 Å². The molecule has 0 fully saturated rings. The summed E-state index contributed by atoms with van der Waals surface area (Å²) in [6, 6.07) is 8.10. The van der Waals surface area contributed by atoms with Crippen LogP contribution >= 0.6 is 0 Å². The SMILES string of the molecule is NC(=O)c1cc2cccc3c2n1CCC3. The fraction of sp³-hybridized carbons (Fsp3) is 0.250. The van der Waals surface area contributed by atoms with E-state index in [9.17, 15) is 4.79 Å². The van der Waals surface area contributed by atoms with Crippen LogP contribution in [-0.4, -0.2) is 10.5 Å². The number of aryl methyl sites for hydroxylation is 2. The molecule has 0 bridgehead atoms. The van der Waals surface area contributed by atoms with E-state index in [1.165, 1.54) is 11.1 Å². The van der Waals surface area contributed by atoms with E-state index in [0.717, 1.165) is 24.8 Å². The minimum atomic E-state index is -0.334. The van der Waals surface area contributed by atoms with E-state index in [4.69, 9.17) is 5.73 Å². The average molecular weight is 200 g/mol. The number of rotatable bonds is 1. The fourth-order valence-corrected chi connectivity index (χ4v) is 2.47. The molecule has 3 heteroatoms. The van der Waals surface area contributed by atoms with Crippen LogP contribution < -0.4 is 5.73 Å². The van der Waals surface area contributed by atoms with Gasteiger partial charge in [-0.05, 0) is 24.5 Å². The van der Waals surface area contributed by atoms with E-state index in [0.29, 0.717) is 5.69 Å². The summed E-state index contributed by atoms with van der Waals surface area (Å²) in [5.41, 5.74) is 8.52. The first kappa shape index (κ1) is 8.53. The van der Waals surface area contributed by atoms with Gasteiger partial charge in [0.15, 0.2) is 0 Å². The molecule has 0 spiro atoms. The standard InChI is InChI=1S/C12H12N2O/c13-12(15)10-7-9-4-1-3-8-5-2-6-14(10)11(8)9/h1,3-4,7H,2,5-6H2,(H2,13,15). The van der Waals surface area contributed by atoms with Crippen LogP contribution in [0.25, 0.3) is 10.9 Å². The van der Waals surface area contributed by atoms with Crippen molar-refractivity contribution in [3.05, 3.63) is 35.5 Å². The Morgan fingerprint density at radius 2 is 2.27 bits per heavy atom. The van der Waals surface area contributed by atoms with Crippen molar-refractivity contribution in [2.24, 2.45) is 5.73 Å². The Bertz CT molecular complexity index is 554. The molecular formula is C12H12N2O. The largest absolute Gasteiger partial charge is 0.364 e. The van der Waals surface area contributed by atoms with Gasteiger partial charge in [0.25, 0.3) is 5.91 Å². The number of primary amides is 1. The average Bonchev–Trinajstić information content (AvgIpc) is 2.61. The van der Waals surface area contributed by atoms with Crippen molar-refractivity contribution in [2.45, 2.75) is 19.4 Å². The van der Waals surface area contributed by atoms with Gasteiger partial charge in [-0.2, -0.15) is 0 Å². The molecule has 0 unspecified atom stereocenters. The van der Waals surface area contributed by atoms with E-state index in [1.54, 1.807) is 0 Å². The first-order valence-electron chi connectivity index (χ1n) is 5.18. The van der Waals surface area contributed by atoms with Crippen LogP contribution in [0.5, 0.6) is 0 Å². The summed E-state index contributed by atoms with van der Waals surface area (Å²) in [6.45, 7) is 0.902. The van der Waals surface area contributed by atoms with Gasteiger partial charge in [-0.15, -0.1) is 0 Å². The lowest BCUT2D eigenvalue weighted by molar-refractivity contribution is 0.0991. The summed E-state index contributed by atoms with van der Waals surface area (Å²) in [5, 5.41) is 1.13. The minimum Gasteiger partial charge on any atom is -0.364 e. The molecule has 1 aromatic carbocycles. The molecule has 1 aliphatic heterocycles. The fourth-order valence-electron chi connectivity index (χ4n) is 2.47.